The Morgan fingerprint density at radius 3 is 2.67 bits per heavy atom. The Hall–Kier alpha value is -1.75. The lowest BCUT2D eigenvalue weighted by molar-refractivity contribution is 0.102. The van der Waals surface area contributed by atoms with Gasteiger partial charge in [0, 0.05) is 0 Å². The van der Waals surface area contributed by atoms with E-state index in [4.69, 9.17) is 0 Å². The van der Waals surface area contributed by atoms with E-state index in [1.165, 1.54) is 17.4 Å². The Balaban J connectivity index is 2.26. The second kappa shape index (κ2) is 4.86. The molecule has 0 aliphatic carbocycles. The summed E-state index contributed by atoms with van der Waals surface area (Å²) in [6, 6.07) is 4.61. The summed E-state index contributed by atoms with van der Waals surface area (Å²) < 4.78 is 13.5. The van der Waals surface area contributed by atoms with Crippen molar-refractivity contribution in [2.24, 2.45) is 0 Å². The van der Waals surface area contributed by atoms with Crippen molar-refractivity contribution in [1.82, 2.24) is 4.98 Å². The lowest BCUT2D eigenvalue weighted by Crippen LogP contribution is -2.12. The van der Waals surface area contributed by atoms with Gasteiger partial charge in [-0.25, -0.2) is 9.37 Å². The minimum absolute atomic E-state index is 0.199. The molecule has 0 atom stereocenters. The quantitative estimate of drug-likeness (QED) is 0.902. The first kappa shape index (κ1) is 12.7. The highest BCUT2D eigenvalue weighted by Gasteiger charge is 2.15. The maximum atomic E-state index is 13.5. The molecular weight excluding hydrogens is 251 g/mol. The topological polar surface area (TPSA) is 42.0 Å². The number of anilines is 1. The maximum Gasteiger partial charge on any atom is 0.267 e. The molecule has 1 aromatic carbocycles. The summed E-state index contributed by atoms with van der Waals surface area (Å²) >= 11 is 1.31. The van der Waals surface area contributed by atoms with Crippen molar-refractivity contribution in [3.8, 4) is 0 Å². The lowest BCUT2D eigenvalue weighted by atomic mass is 10.2. The molecule has 3 nitrogen and oxygen atoms in total. The number of carbonyl (C=O) groups is 1. The summed E-state index contributed by atoms with van der Waals surface area (Å²) in [5, 5.41) is 3.40. The smallest absolute Gasteiger partial charge is 0.267 e. The summed E-state index contributed by atoms with van der Waals surface area (Å²) in [6.07, 6.45) is 0. The fraction of sp³-hybridized carbons (Fsp3) is 0.231. The number of amides is 1. The third kappa shape index (κ3) is 2.56. The fourth-order valence-electron chi connectivity index (χ4n) is 1.66. The number of rotatable bonds is 2. The summed E-state index contributed by atoms with van der Waals surface area (Å²) in [7, 11) is 0. The van der Waals surface area contributed by atoms with Gasteiger partial charge in [-0.15, -0.1) is 11.3 Å². The molecule has 0 bridgehead atoms. The van der Waals surface area contributed by atoms with Crippen LogP contribution in [0, 0.1) is 26.6 Å². The van der Waals surface area contributed by atoms with Crippen LogP contribution >= 0.6 is 11.3 Å². The molecule has 1 aromatic heterocycles. The molecule has 94 valence electrons. The monoisotopic (exact) mass is 264 g/mol. The minimum Gasteiger partial charge on any atom is -0.319 e. The number of hydrogen-bond donors (Lipinski definition) is 1. The van der Waals surface area contributed by atoms with Crippen LogP contribution in [0.5, 0.6) is 0 Å². The number of hydrogen-bond acceptors (Lipinski definition) is 3. The van der Waals surface area contributed by atoms with E-state index < -0.39 is 5.82 Å². The highest BCUT2D eigenvalue weighted by atomic mass is 32.1. The molecule has 2 aromatic rings. The van der Waals surface area contributed by atoms with Gasteiger partial charge in [0.05, 0.1) is 16.4 Å². The van der Waals surface area contributed by atoms with E-state index in [0.29, 0.717) is 10.6 Å². The van der Waals surface area contributed by atoms with Crippen molar-refractivity contribution in [3.05, 3.63) is 45.2 Å². The van der Waals surface area contributed by atoms with E-state index in [2.05, 4.69) is 10.3 Å². The van der Waals surface area contributed by atoms with Gasteiger partial charge in [-0.05, 0) is 38.5 Å². The van der Waals surface area contributed by atoms with E-state index >= 15 is 0 Å². The second-order valence-corrected chi connectivity index (χ2v) is 5.29. The molecule has 1 N–H and O–H groups in total. The van der Waals surface area contributed by atoms with Crippen LogP contribution in [0.4, 0.5) is 10.1 Å². The largest absolute Gasteiger partial charge is 0.319 e. The zero-order valence-corrected chi connectivity index (χ0v) is 11.2. The van der Waals surface area contributed by atoms with E-state index in [-0.39, 0.29) is 11.6 Å². The number of carbonyl (C=O) groups excluding carboxylic acids is 1. The maximum absolute atomic E-state index is 13.5. The molecule has 0 spiro atoms. The number of thiazole rings is 1. The van der Waals surface area contributed by atoms with Crippen LogP contribution in [-0.4, -0.2) is 10.9 Å². The molecule has 0 aliphatic rings. The predicted molar refractivity (Wildman–Crippen MR) is 70.7 cm³/mol. The normalized spacial score (nSPS) is 10.4. The van der Waals surface area contributed by atoms with Crippen molar-refractivity contribution < 1.29 is 9.18 Å². The van der Waals surface area contributed by atoms with Crippen molar-refractivity contribution >= 4 is 22.9 Å². The third-order valence-electron chi connectivity index (χ3n) is 2.48. The molecule has 18 heavy (non-hydrogen) atoms. The SMILES string of the molecule is Cc1ccc(F)c(NC(=O)c2sc(C)nc2C)c1. The Morgan fingerprint density at radius 2 is 2.06 bits per heavy atom. The predicted octanol–water partition coefficient (Wildman–Crippen LogP) is 3.46. The highest BCUT2D eigenvalue weighted by Crippen LogP contribution is 2.21. The van der Waals surface area contributed by atoms with Gasteiger partial charge in [0.25, 0.3) is 5.91 Å². The molecule has 5 heteroatoms. The van der Waals surface area contributed by atoms with E-state index in [1.807, 2.05) is 13.8 Å². The van der Waals surface area contributed by atoms with Crippen LogP contribution in [0.25, 0.3) is 0 Å². The minimum atomic E-state index is -0.437. The van der Waals surface area contributed by atoms with Gasteiger partial charge in [-0.1, -0.05) is 6.07 Å². The van der Waals surface area contributed by atoms with Gasteiger partial charge >= 0.3 is 0 Å². The average Bonchev–Trinajstić information content (AvgIpc) is 2.63. The zero-order chi connectivity index (χ0) is 13.3. The fourth-order valence-corrected chi connectivity index (χ4v) is 2.47. The van der Waals surface area contributed by atoms with Crippen LogP contribution in [0.3, 0.4) is 0 Å². The Kier molecular flexibility index (Phi) is 3.43. The van der Waals surface area contributed by atoms with Crippen molar-refractivity contribution in [2.75, 3.05) is 5.32 Å². The van der Waals surface area contributed by atoms with E-state index in [9.17, 15) is 9.18 Å². The Labute approximate surface area is 109 Å². The van der Waals surface area contributed by atoms with Crippen molar-refractivity contribution in [2.45, 2.75) is 20.8 Å². The van der Waals surface area contributed by atoms with Crippen LogP contribution in [0.15, 0.2) is 18.2 Å². The van der Waals surface area contributed by atoms with Crippen molar-refractivity contribution in [3.63, 3.8) is 0 Å². The van der Waals surface area contributed by atoms with Crippen LogP contribution in [-0.2, 0) is 0 Å². The summed E-state index contributed by atoms with van der Waals surface area (Å²) in [5.74, 6) is -0.754. The summed E-state index contributed by atoms with van der Waals surface area (Å²) in [5.41, 5.74) is 1.76. The first-order valence-electron chi connectivity index (χ1n) is 5.49. The van der Waals surface area contributed by atoms with Crippen LogP contribution < -0.4 is 5.32 Å². The van der Waals surface area contributed by atoms with Gasteiger partial charge < -0.3 is 5.32 Å². The number of aryl methyl sites for hydroxylation is 3. The van der Waals surface area contributed by atoms with Gasteiger partial charge in [0.2, 0.25) is 0 Å². The van der Waals surface area contributed by atoms with Gasteiger partial charge in [0.1, 0.15) is 10.7 Å². The molecular formula is C13H13FN2OS. The van der Waals surface area contributed by atoms with Gasteiger partial charge in [0.15, 0.2) is 0 Å². The van der Waals surface area contributed by atoms with Crippen molar-refractivity contribution in [1.29, 1.82) is 0 Å². The number of nitrogens with zero attached hydrogens (tertiary/aromatic N) is 1. The number of nitrogens with one attached hydrogen (secondary N) is 1. The van der Waals surface area contributed by atoms with Crippen LogP contribution in [0.1, 0.15) is 25.9 Å². The third-order valence-corrected chi connectivity index (χ3v) is 3.55. The molecule has 0 saturated heterocycles. The summed E-state index contributed by atoms with van der Waals surface area (Å²) in [4.78, 5) is 16.7. The zero-order valence-electron chi connectivity index (χ0n) is 10.4. The molecule has 0 fully saturated rings. The number of aromatic nitrogens is 1. The Morgan fingerprint density at radius 1 is 1.33 bits per heavy atom. The van der Waals surface area contributed by atoms with Gasteiger partial charge in [-0.3, -0.25) is 4.79 Å². The van der Waals surface area contributed by atoms with E-state index in [0.717, 1.165) is 10.6 Å². The molecule has 1 heterocycles. The first-order chi connectivity index (χ1) is 8.47. The molecule has 2 rings (SSSR count). The molecule has 0 unspecified atom stereocenters. The molecule has 1 amide bonds. The molecule has 0 saturated carbocycles. The Bertz CT molecular complexity index is 607. The molecule has 0 aliphatic heterocycles. The molecule has 0 radical (unpaired) electrons. The average molecular weight is 264 g/mol. The highest BCUT2D eigenvalue weighted by molar-refractivity contribution is 7.13. The van der Waals surface area contributed by atoms with E-state index in [1.54, 1.807) is 19.1 Å². The lowest BCUT2D eigenvalue weighted by Gasteiger charge is -2.06. The first-order valence-corrected chi connectivity index (χ1v) is 6.30. The second-order valence-electron chi connectivity index (χ2n) is 4.08. The summed E-state index contributed by atoms with van der Waals surface area (Å²) in [6.45, 7) is 5.45. The standard InChI is InChI=1S/C13H13FN2OS/c1-7-4-5-10(14)11(6-7)16-13(17)12-8(2)15-9(3)18-12/h4-6H,1-3H3,(H,16,17). The number of benzene rings is 1. The van der Waals surface area contributed by atoms with Crippen LogP contribution in [0.2, 0.25) is 0 Å². The number of halogens is 1. The van der Waals surface area contributed by atoms with Gasteiger partial charge in [-0.2, -0.15) is 0 Å².